The zero-order valence-electron chi connectivity index (χ0n) is 7.73. The molecule has 1 aromatic rings. The van der Waals surface area contributed by atoms with Crippen LogP contribution in [-0.2, 0) is 4.74 Å². The van der Waals surface area contributed by atoms with Crippen LogP contribution in [0.25, 0.3) is 0 Å². The zero-order valence-corrected chi connectivity index (χ0v) is 7.73. The largest absolute Gasteiger partial charge is 0.504 e. The van der Waals surface area contributed by atoms with Gasteiger partial charge in [0.05, 0.1) is 19.3 Å². The Morgan fingerprint density at radius 3 is 2.93 bits per heavy atom. The van der Waals surface area contributed by atoms with Gasteiger partial charge < -0.3 is 20.3 Å². The number of hydrogen-bond donors (Lipinski definition) is 3. The van der Waals surface area contributed by atoms with Crippen LogP contribution in [0, 0.1) is 0 Å². The van der Waals surface area contributed by atoms with Crippen molar-refractivity contribution >= 4 is 0 Å². The van der Waals surface area contributed by atoms with Gasteiger partial charge in [-0.3, -0.25) is 0 Å². The number of ether oxygens (including phenoxy) is 1. The van der Waals surface area contributed by atoms with Gasteiger partial charge in [0.25, 0.3) is 0 Å². The van der Waals surface area contributed by atoms with Crippen LogP contribution in [0.5, 0.6) is 11.5 Å². The lowest BCUT2D eigenvalue weighted by Crippen LogP contribution is -2.34. The summed E-state index contributed by atoms with van der Waals surface area (Å²) in [5.74, 6) is -0.148. The second kappa shape index (κ2) is 3.86. The maximum atomic E-state index is 9.60. The molecule has 0 bridgehead atoms. The molecule has 3 N–H and O–H groups in total. The Kier molecular flexibility index (Phi) is 2.56. The fourth-order valence-corrected chi connectivity index (χ4v) is 1.60. The van der Waals surface area contributed by atoms with Crippen molar-refractivity contribution in [1.82, 2.24) is 5.32 Å². The highest BCUT2D eigenvalue weighted by Gasteiger charge is 2.19. The number of nitrogens with one attached hydrogen (secondary N) is 1. The molecule has 4 heteroatoms. The van der Waals surface area contributed by atoms with E-state index in [9.17, 15) is 10.2 Å². The monoisotopic (exact) mass is 195 g/mol. The molecule has 0 aliphatic carbocycles. The van der Waals surface area contributed by atoms with Crippen LogP contribution in [0.4, 0.5) is 0 Å². The van der Waals surface area contributed by atoms with Crippen LogP contribution in [0.15, 0.2) is 18.2 Å². The second-order valence-electron chi connectivity index (χ2n) is 3.30. The molecule has 2 rings (SSSR count). The summed E-state index contributed by atoms with van der Waals surface area (Å²) in [5.41, 5.74) is 0.685. The maximum Gasteiger partial charge on any atom is 0.162 e. The van der Waals surface area contributed by atoms with Gasteiger partial charge in [0.1, 0.15) is 0 Å². The van der Waals surface area contributed by atoms with Crippen molar-refractivity contribution in [1.29, 1.82) is 0 Å². The first-order valence-corrected chi connectivity index (χ1v) is 4.61. The van der Waals surface area contributed by atoms with Gasteiger partial charge in [0.15, 0.2) is 11.5 Å². The minimum absolute atomic E-state index is 0.0316. The quantitative estimate of drug-likeness (QED) is 0.579. The fraction of sp³-hybridized carbons (Fsp3) is 0.400. The number of benzene rings is 1. The normalized spacial score (nSPS) is 22.1. The van der Waals surface area contributed by atoms with Crippen LogP contribution < -0.4 is 5.32 Å². The molecule has 1 fully saturated rings. The van der Waals surface area contributed by atoms with Crippen LogP contribution >= 0.6 is 0 Å². The van der Waals surface area contributed by atoms with Gasteiger partial charge in [-0.2, -0.15) is 0 Å². The van der Waals surface area contributed by atoms with E-state index in [0.29, 0.717) is 18.8 Å². The first-order valence-electron chi connectivity index (χ1n) is 4.61. The Balaban J connectivity index is 2.26. The van der Waals surface area contributed by atoms with Crippen molar-refractivity contribution < 1.29 is 14.9 Å². The Labute approximate surface area is 82.1 Å². The highest BCUT2D eigenvalue weighted by atomic mass is 16.5. The summed E-state index contributed by atoms with van der Waals surface area (Å²) in [7, 11) is 0. The molecular formula is C10H13NO3. The van der Waals surface area contributed by atoms with E-state index in [1.807, 2.05) is 0 Å². The molecule has 1 aromatic carbocycles. The molecule has 0 unspecified atom stereocenters. The molecule has 0 saturated carbocycles. The summed E-state index contributed by atoms with van der Waals surface area (Å²) in [5, 5.41) is 22.1. The van der Waals surface area contributed by atoms with Crippen LogP contribution in [0.3, 0.4) is 0 Å². The highest BCUT2D eigenvalue weighted by molar-refractivity contribution is 5.46. The average molecular weight is 195 g/mol. The van der Waals surface area contributed by atoms with Gasteiger partial charge in [0, 0.05) is 12.1 Å². The van der Waals surface area contributed by atoms with Gasteiger partial charge in [-0.1, -0.05) is 12.1 Å². The van der Waals surface area contributed by atoms with Crippen LogP contribution in [-0.4, -0.2) is 30.0 Å². The maximum absolute atomic E-state index is 9.60. The summed E-state index contributed by atoms with van der Waals surface area (Å²) >= 11 is 0. The van der Waals surface area contributed by atoms with Crippen LogP contribution in [0.1, 0.15) is 11.6 Å². The van der Waals surface area contributed by atoms with E-state index >= 15 is 0 Å². The van der Waals surface area contributed by atoms with E-state index in [2.05, 4.69) is 5.32 Å². The fourth-order valence-electron chi connectivity index (χ4n) is 1.60. The number of phenolic OH excluding ortho intramolecular Hbond substituents is 2. The number of hydrogen-bond acceptors (Lipinski definition) is 4. The molecule has 1 atom stereocenters. The molecule has 1 heterocycles. The number of aromatic hydroxyl groups is 2. The van der Waals surface area contributed by atoms with Gasteiger partial charge in [0.2, 0.25) is 0 Å². The molecule has 0 spiro atoms. The van der Waals surface area contributed by atoms with Crippen LogP contribution in [0.2, 0.25) is 0 Å². The highest BCUT2D eigenvalue weighted by Crippen LogP contribution is 2.33. The van der Waals surface area contributed by atoms with E-state index < -0.39 is 0 Å². The molecule has 1 aliphatic heterocycles. The van der Waals surface area contributed by atoms with E-state index in [-0.39, 0.29) is 17.5 Å². The van der Waals surface area contributed by atoms with E-state index in [1.165, 1.54) is 6.07 Å². The van der Waals surface area contributed by atoms with Crippen molar-refractivity contribution in [3.63, 3.8) is 0 Å². The lowest BCUT2D eigenvalue weighted by Gasteiger charge is -2.24. The average Bonchev–Trinajstić information content (AvgIpc) is 2.23. The Morgan fingerprint density at radius 2 is 2.21 bits per heavy atom. The second-order valence-corrected chi connectivity index (χ2v) is 3.30. The predicted octanol–water partition coefficient (Wildman–Crippen LogP) is 0.759. The summed E-state index contributed by atoms with van der Waals surface area (Å²) < 4.78 is 5.28. The summed E-state index contributed by atoms with van der Waals surface area (Å²) in [6, 6.07) is 4.92. The molecule has 1 saturated heterocycles. The first-order chi connectivity index (χ1) is 6.79. The molecule has 1 aliphatic rings. The van der Waals surface area contributed by atoms with Crippen molar-refractivity contribution in [2.24, 2.45) is 0 Å². The summed E-state index contributed by atoms with van der Waals surface area (Å²) in [4.78, 5) is 0. The van der Waals surface area contributed by atoms with Crippen molar-refractivity contribution in [3.05, 3.63) is 23.8 Å². The lowest BCUT2D eigenvalue weighted by atomic mass is 10.1. The third kappa shape index (κ3) is 1.66. The minimum Gasteiger partial charge on any atom is -0.504 e. The number of rotatable bonds is 1. The summed E-state index contributed by atoms with van der Waals surface area (Å²) in [6.07, 6.45) is 0. The van der Waals surface area contributed by atoms with Gasteiger partial charge >= 0.3 is 0 Å². The van der Waals surface area contributed by atoms with E-state index in [1.54, 1.807) is 12.1 Å². The van der Waals surface area contributed by atoms with Gasteiger partial charge in [-0.05, 0) is 6.07 Å². The van der Waals surface area contributed by atoms with Crippen molar-refractivity contribution in [2.45, 2.75) is 6.04 Å². The topological polar surface area (TPSA) is 61.7 Å². The molecule has 0 amide bonds. The zero-order chi connectivity index (χ0) is 9.97. The minimum atomic E-state index is -0.0881. The molecular weight excluding hydrogens is 182 g/mol. The van der Waals surface area contributed by atoms with Gasteiger partial charge in [-0.25, -0.2) is 0 Å². The standard InChI is InChI=1S/C10H13NO3/c12-9-3-1-2-7(10(9)13)8-6-14-5-4-11-8/h1-3,8,11-13H,4-6H2/t8-/m1/s1. The Bertz CT molecular complexity index is 321. The Morgan fingerprint density at radius 1 is 1.36 bits per heavy atom. The molecule has 4 nitrogen and oxygen atoms in total. The number of para-hydroxylation sites is 1. The van der Waals surface area contributed by atoms with E-state index in [4.69, 9.17) is 4.74 Å². The third-order valence-electron chi connectivity index (χ3n) is 2.34. The third-order valence-corrected chi connectivity index (χ3v) is 2.34. The van der Waals surface area contributed by atoms with E-state index in [0.717, 1.165) is 6.54 Å². The number of morpholine rings is 1. The Hall–Kier alpha value is -1.26. The van der Waals surface area contributed by atoms with Crippen molar-refractivity contribution in [2.75, 3.05) is 19.8 Å². The predicted molar refractivity (Wildman–Crippen MR) is 51.3 cm³/mol. The SMILES string of the molecule is Oc1cccc([C@H]2COCCN2)c1O. The molecule has 0 aromatic heterocycles. The smallest absolute Gasteiger partial charge is 0.162 e. The molecule has 14 heavy (non-hydrogen) atoms. The lowest BCUT2D eigenvalue weighted by molar-refractivity contribution is 0.0760. The molecule has 76 valence electrons. The summed E-state index contributed by atoms with van der Waals surface area (Å²) in [6.45, 7) is 1.98. The first kappa shape index (κ1) is 9.30. The molecule has 0 radical (unpaired) electrons. The van der Waals surface area contributed by atoms with Crippen molar-refractivity contribution in [3.8, 4) is 11.5 Å². The van der Waals surface area contributed by atoms with Gasteiger partial charge in [-0.15, -0.1) is 0 Å². The number of phenols is 2.